The number of nitrogens with zero attached hydrogens (tertiary/aromatic N) is 3. The third-order valence-electron chi connectivity index (χ3n) is 2.03. The molecule has 8 nitrogen and oxygen atoms in total. The number of carbonyl (C=O) groups is 2. The van der Waals surface area contributed by atoms with Crippen molar-refractivity contribution in [2.75, 3.05) is 7.05 Å². The van der Waals surface area contributed by atoms with Gasteiger partial charge in [-0.1, -0.05) is 0 Å². The zero-order chi connectivity index (χ0) is 13.6. The van der Waals surface area contributed by atoms with Crippen LogP contribution >= 0.6 is 0 Å². The highest BCUT2D eigenvalue weighted by Crippen LogP contribution is 2.13. The van der Waals surface area contributed by atoms with Crippen molar-refractivity contribution in [3.05, 3.63) is 0 Å². The number of carbonyl (C=O) groups excluding carboxylic acids is 1. The van der Waals surface area contributed by atoms with Crippen molar-refractivity contribution >= 4 is 11.9 Å². The van der Waals surface area contributed by atoms with E-state index in [1.807, 2.05) is 0 Å². The quantitative estimate of drug-likeness (QED) is 0.325. The minimum absolute atomic E-state index is 0.507. The molecule has 0 saturated carbocycles. The van der Waals surface area contributed by atoms with E-state index in [1.165, 1.54) is 34.7 Å². The van der Waals surface area contributed by atoms with Gasteiger partial charge in [-0.3, -0.25) is 9.80 Å². The summed E-state index contributed by atoms with van der Waals surface area (Å²) in [6, 6.07) is 0. The number of rotatable bonds is 6. The van der Waals surface area contributed by atoms with Crippen LogP contribution in [0.1, 0.15) is 27.7 Å². The maximum Gasteiger partial charge on any atom is 0.330 e. The van der Waals surface area contributed by atoms with Gasteiger partial charge in [0.2, 0.25) is 0 Å². The zero-order valence-electron chi connectivity index (χ0n) is 10.5. The number of ether oxygens (including phenoxy) is 1. The van der Waals surface area contributed by atoms with E-state index in [2.05, 4.69) is 20.1 Å². The molecule has 0 amide bonds. The summed E-state index contributed by atoms with van der Waals surface area (Å²) in [7, 11) is 1.44. The molecule has 0 rings (SSSR count). The molecule has 0 heterocycles. The van der Waals surface area contributed by atoms with Crippen LogP contribution in [0.3, 0.4) is 0 Å². The van der Waals surface area contributed by atoms with Gasteiger partial charge in [-0.15, -0.1) is 0 Å². The molecule has 17 heavy (non-hydrogen) atoms. The van der Waals surface area contributed by atoms with E-state index >= 15 is 0 Å². The van der Waals surface area contributed by atoms with Gasteiger partial charge in [-0.25, -0.2) is 4.79 Å². The molecule has 1 atom stereocenters. The maximum absolute atomic E-state index is 10.9. The Hall–Kier alpha value is -1.86. The largest absolute Gasteiger partial charge is 0.479 e. The summed E-state index contributed by atoms with van der Waals surface area (Å²) < 4.78 is 4.62. The van der Waals surface area contributed by atoms with Crippen LogP contribution < -0.4 is 0 Å². The third kappa shape index (κ3) is 5.14. The summed E-state index contributed by atoms with van der Waals surface area (Å²) in [5, 5.41) is 16.8. The molecule has 98 valence electrons. The van der Waals surface area contributed by atoms with Crippen molar-refractivity contribution in [2.24, 2.45) is 10.5 Å². The average molecular weight is 247 g/mol. The Labute approximate surface area is 99.1 Å². The summed E-state index contributed by atoms with van der Waals surface area (Å²) in [6.45, 7) is 5.62. The van der Waals surface area contributed by atoms with Crippen LogP contribution in [0.4, 0.5) is 0 Å². The summed E-state index contributed by atoms with van der Waals surface area (Å²) in [6.07, 6.45) is -0.877. The van der Waals surface area contributed by atoms with E-state index in [9.17, 15) is 9.59 Å². The standard InChI is InChI=1S/C9H17N3O5/c1-6(13)16-7(2)17-11-10-12(5)9(3,4)8(14)15/h7H,1-5H3,(H,14,15)/b11-10-. The Bertz CT molecular complexity index is 316. The highest BCUT2D eigenvalue weighted by atomic mass is 16.8. The Morgan fingerprint density at radius 1 is 1.41 bits per heavy atom. The molecule has 0 aromatic heterocycles. The molecule has 1 unspecified atom stereocenters. The summed E-state index contributed by atoms with van der Waals surface area (Å²) in [4.78, 5) is 26.1. The second-order valence-corrected chi connectivity index (χ2v) is 3.84. The van der Waals surface area contributed by atoms with Gasteiger partial charge in [0.05, 0.1) is 0 Å². The van der Waals surface area contributed by atoms with Crippen molar-refractivity contribution in [1.82, 2.24) is 5.01 Å². The lowest BCUT2D eigenvalue weighted by Gasteiger charge is -2.26. The molecule has 0 aliphatic rings. The molecule has 0 bridgehead atoms. The van der Waals surface area contributed by atoms with Crippen molar-refractivity contribution in [3.8, 4) is 0 Å². The van der Waals surface area contributed by atoms with Gasteiger partial charge in [0.1, 0.15) is 0 Å². The van der Waals surface area contributed by atoms with E-state index in [1.54, 1.807) is 0 Å². The molecule has 0 aliphatic carbocycles. The normalized spacial score (nSPS) is 13.2. The monoisotopic (exact) mass is 247 g/mol. The van der Waals surface area contributed by atoms with E-state index in [-0.39, 0.29) is 0 Å². The number of aliphatic carboxylic acids is 1. The minimum Gasteiger partial charge on any atom is -0.479 e. The number of hydrogen-bond donors (Lipinski definition) is 1. The fourth-order valence-corrected chi connectivity index (χ4v) is 0.648. The predicted molar refractivity (Wildman–Crippen MR) is 56.6 cm³/mol. The number of likely N-dealkylation sites (N-methyl/N-ethyl adjacent to an activating group) is 1. The predicted octanol–water partition coefficient (Wildman–Crippen LogP) is 0.989. The lowest BCUT2D eigenvalue weighted by atomic mass is 10.1. The minimum atomic E-state index is -1.21. The van der Waals surface area contributed by atoms with E-state index in [4.69, 9.17) is 5.11 Å². The lowest BCUT2D eigenvalue weighted by Crippen LogP contribution is -2.44. The van der Waals surface area contributed by atoms with Crippen LogP contribution in [0.15, 0.2) is 10.5 Å². The SMILES string of the molecule is CC(=O)OC(C)O/N=N\N(C)C(C)(C)C(=O)O. The average Bonchev–Trinajstić information content (AvgIpc) is 2.15. The van der Waals surface area contributed by atoms with Crippen molar-refractivity contribution in [1.29, 1.82) is 0 Å². The fraction of sp³-hybridized carbons (Fsp3) is 0.778. The van der Waals surface area contributed by atoms with Crippen LogP contribution in [0.2, 0.25) is 0 Å². The number of esters is 1. The Balaban J connectivity index is 4.26. The van der Waals surface area contributed by atoms with E-state index in [0.717, 1.165) is 5.01 Å². The number of carboxylic acid groups (broad SMARTS) is 1. The molecule has 8 heteroatoms. The van der Waals surface area contributed by atoms with E-state index < -0.39 is 23.8 Å². The van der Waals surface area contributed by atoms with Crippen molar-refractivity contribution in [2.45, 2.75) is 39.5 Å². The van der Waals surface area contributed by atoms with Gasteiger partial charge in [0.25, 0.3) is 6.29 Å². The first-order chi connectivity index (χ1) is 7.67. The number of carboxylic acids is 1. The van der Waals surface area contributed by atoms with Crippen LogP contribution in [0.5, 0.6) is 0 Å². The Morgan fingerprint density at radius 3 is 2.35 bits per heavy atom. The first-order valence-corrected chi connectivity index (χ1v) is 4.89. The molecule has 0 aromatic carbocycles. The summed E-state index contributed by atoms with van der Waals surface area (Å²) >= 11 is 0. The Kier molecular flexibility index (Phi) is 5.36. The topological polar surface area (TPSA) is 101 Å². The zero-order valence-corrected chi connectivity index (χ0v) is 10.5. The molecular formula is C9H17N3O5. The third-order valence-corrected chi connectivity index (χ3v) is 2.03. The molecule has 0 radical (unpaired) electrons. The van der Waals surface area contributed by atoms with Gasteiger partial charge in [0, 0.05) is 26.2 Å². The molecule has 0 spiro atoms. The van der Waals surface area contributed by atoms with Crippen molar-refractivity contribution in [3.63, 3.8) is 0 Å². The maximum atomic E-state index is 10.9. The van der Waals surface area contributed by atoms with Gasteiger partial charge in [-0.05, 0) is 19.1 Å². The lowest BCUT2D eigenvalue weighted by molar-refractivity contribution is -0.175. The second-order valence-electron chi connectivity index (χ2n) is 3.84. The van der Waals surface area contributed by atoms with Gasteiger partial charge < -0.3 is 14.7 Å². The number of hydrogen-bond acceptors (Lipinski definition) is 6. The van der Waals surface area contributed by atoms with Gasteiger partial charge >= 0.3 is 11.9 Å². The summed E-state index contributed by atoms with van der Waals surface area (Å²) in [5.41, 5.74) is -1.21. The van der Waals surface area contributed by atoms with Crippen LogP contribution in [0.25, 0.3) is 0 Å². The summed E-state index contributed by atoms with van der Waals surface area (Å²) in [5.74, 6) is -1.56. The molecule has 0 fully saturated rings. The fourth-order valence-electron chi connectivity index (χ4n) is 0.648. The smallest absolute Gasteiger partial charge is 0.330 e. The van der Waals surface area contributed by atoms with E-state index in [0.29, 0.717) is 0 Å². The van der Waals surface area contributed by atoms with Gasteiger partial charge in [0.15, 0.2) is 5.54 Å². The molecule has 0 aromatic rings. The molecule has 0 saturated heterocycles. The van der Waals surface area contributed by atoms with Gasteiger partial charge in [-0.2, -0.15) is 0 Å². The molecule has 1 N–H and O–H groups in total. The molecular weight excluding hydrogens is 230 g/mol. The molecule has 0 aliphatic heterocycles. The first-order valence-electron chi connectivity index (χ1n) is 4.89. The van der Waals surface area contributed by atoms with Crippen molar-refractivity contribution < 1.29 is 24.3 Å². The van der Waals surface area contributed by atoms with Crippen LogP contribution in [-0.2, 0) is 19.2 Å². The Morgan fingerprint density at radius 2 is 1.94 bits per heavy atom. The van der Waals surface area contributed by atoms with Crippen LogP contribution in [-0.4, -0.2) is 40.9 Å². The highest BCUT2D eigenvalue weighted by molar-refractivity contribution is 5.77. The highest BCUT2D eigenvalue weighted by Gasteiger charge is 2.32. The second kappa shape index (κ2) is 6.02. The van der Waals surface area contributed by atoms with Crippen LogP contribution in [0, 0.1) is 0 Å². The first kappa shape index (κ1) is 15.1.